The van der Waals surface area contributed by atoms with Gasteiger partial charge in [-0.1, -0.05) is 29.3 Å². The van der Waals surface area contributed by atoms with Gasteiger partial charge < -0.3 is 18.9 Å². The van der Waals surface area contributed by atoms with Crippen LogP contribution in [0.1, 0.15) is 11.1 Å². The SMILES string of the molecule is COc1ccc(N(CC(=O)N/N=C\c2cc(Br)c(OCc3ccc(Cl)cc3Cl)c(OC)c2)S(C)(=O)=O)cc1OC. The Kier molecular flexibility index (Phi) is 10.9. The first-order chi connectivity index (χ1) is 19.0. The van der Waals surface area contributed by atoms with E-state index in [1.54, 1.807) is 36.4 Å². The van der Waals surface area contributed by atoms with Crippen molar-refractivity contribution in [1.82, 2.24) is 5.43 Å². The van der Waals surface area contributed by atoms with E-state index in [9.17, 15) is 13.2 Å². The summed E-state index contributed by atoms with van der Waals surface area (Å²) in [7, 11) is 0.562. The first-order valence-corrected chi connectivity index (χ1v) is 14.8. The third-order valence-electron chi connectivity index (χ3n) is 5.38. The summed E-state index contributed by atoms with van der Waals surface area (Å²) in [5.41, 5.74) is 3.88. The minimum Gasteiger partial charge on any atom is -0.493 e. The molecule has 0 aliphatic rings. The van der Waals surface area contributed by atoms with Gasteiger partial charge >= 0.3 is 0 Å². The average molecular weight is 675 g/mol. The van der Waals surface area contributed by atoms with Crippen molar-refractivity contribution in [2.45, 2.75) is 6.61 Å². The van der Waals surface area contributed by atoms with E-state index in [0.717, 1.165) is 16.1 Å². The van der Waals surface area contributed by atoms with Gasteiger partial charge in [-0.05, 0) is 57.9 Å². The van der Waals surface area contributed by atoms with E-state index in [1.807, 2.05) is 0 Å². The molecule has 3 aromatic carbocycles. The van der Waals surface area contributed by atoms with Crippen molar-refractivity contribution in [3.05, 3.63) is 74.2 Å². The summed E-state index contributed by atoms with van der Waals surface area (Å²) >= 11 is 15.6. The molecule has 3 rings (SSSR count). The molecule has 0 unspecified atom stereocenters. The maximum absolute atomic E-state index is 12.6. The summed E-state index contributed by atoms with van der Waals surface area (Å²) < 4.78 is 48.2. The van der Waals surface area contributed by atoms with Crippen LogP contribution >= 0.6 is 39.1 Å². The lowest BCUT2D eigenvalue weighted by molar-refractivity contribution is -0.119. The highest BCUT2D eigenvalue weighted by molar-refractivity contribution is 9.10. The molecule has 0 bridgehead atoms. The number of anilines is 1. The van der Waals surface area contributed by atoms with Gasteiger partial charge in [0.2, 0.25) is 10.0 Å². The number of hydrazone groups is 1. The first kappa shape index (κ1) is 31.3. The lowest BCUT2D eigenvalue weighted by Crippen LogP contribution is -2.39. The van der Waals surface area contributed by atoms with Gasteiger partial charge in [0.25, 0.3) is 5.91 Å². The Morgan fingerprint density at radius 2 is 1.70 bits per heavy atom. The Labute approximate surface area is 250 Å². The number of nitrogens with zero attached hydrogens (tertiary/aromatic N) is 2. The van der Waals surface area contributed by atoms with Crippen molar-refractivity contribution in [3.63, 3.8) is 0 Å². The van der Waals surface area contributed by atoms with Gasteiger partial charge in [0.15, 0.2) is 23.0 Å². The molecule has 0 fully saturated rings. The molecule has 0 saturated carbocycles. The number of methoxy groups -OCH3 is 3. The molecule has 14 heteroatoms. The van der Waals surface area contributed by atoms with E-state index in [0.29, 0.717) is 43.1 Å². The highest BCUT2D eigenvalue weighted by Crippen LogP contribution is 2.37. The monoisotopic (exact) mass is 673 g/mol. The summed E-state index contributed by atoms with van der Waals surface area (Å²) in [5.74, 6) is 0.912. The molecule has 10 nitrogen and oxygen atoms in total. The summed E-state index contributed by atoms with van der Waals surface area (Å²) in [4.78, 5) is 12.6. The average Bonchev–Trinajstić information content (AvgIpc) is 2.90. The molecule has 1 N–H and O–H groups in total. The molecule has 214 valence electrons. The number of carbonyl (C=O) groups excluding carboxylic acids is 1. The van der Waals surface area contributed by atoms with E-state index >= 15 is 0 Å². The van der Waals surface area contributed by atoms with Crippen LogP contribution in [0.2, 0.25) is 10.0 Å². The number of benzene rings is 3. The van der Waals surface area contributed by atoms with Crippen molar-refractivity contribution in [2.24, 2.45) is 5.10 Å². The maximum atomic E-state index is 12.6. The molecular weight excluding hydrogens is 649 g/mol. The molecule has 0 saturated heterocycles. The van der Waals surface area contributed by atoms with Gasteiger partial charge in [0, 0.05) is 21.7 Å². The van der Waals surface area contributed by atoms with Crippen LogP contribution in [0.5, 0.6) is 23.0 Å². The van der Waals surface area contributed by atoms with Gasteiger partial charge in [0.1, 0.15) is 13.2 Å². The molecule has 0 aromatic heterocycles. The van der Waals surface area contributed by atoms with Crippen LogP contribution < -0.4 is 28.7 Å². The van der Waals surface area contributed by atoms with E-state index in [4.69, 9.17) is 42.1 Å². The fourth-order valence-electron chi connectivity index (χ4n) is 3.47. The zero-order chi connectivity index (χ0) is 29.4. The van der Waals surface area contributed by atoms with E-state index in [-0.39, 0.29) is 12.3 Å². The second-order valence-electron chi connectivity index (χ2n) is 8.16. The molecular formula is C26H26BrCl2N3O7S. The van der Waals surface area contributed by atoms with Crippen molar-refractivity contribution < 1.29 is 32.2 Å². The van der Waals surface area contributed by atoms with Gasteiger partial charge in [-0.15, -0.1) is 0 Å². The van der Waals surface area contributed by atoms with Crippen molar-refractivity contribution in [1.29, 1.82) is 0 Å². The molecule has 3 aromatic rings. The Bertz CT molecular complexity index is 1520. The van der Waals surface area contributed by atoms with Crippen LogP contribution in [0.4, 0.5) is 5.69 Å². The molecule has 0 aliphatic carbocycles. The summed E-state index contributed by atoms with van der Waals surface area (Å²) in [6.07, 6.45) is 2.38. The highest BCUT2D eigenvalue weighted by atomic mass is 79.9. The number of hydrogen-bond donors (Lipinski definition) is 1. The van der Waals surface area contributed by atoms with Gasteiger partial charge in [-0.3, -0.25) is 9.10 Å². The molecule has 0 aliphatic heterocycles. The third kappa shape index (κ3) is 8.17. The Balaban J connectivity index is 1.71. The Morgan fingerprint density at radius 3 is 2.33 bits per heavy atom. The summed E-state index contributed by atoms with van der Waals surface area (Å²) in [6.45, 7) is -0.343. The van der Waals surface area contributed by atoms with Crippen LogP contribution in [0.3, 0.4) is 0 Å². The van der Waals surface area contributed by atoms with Gasteiger partial charge in [-0.2, -0.15) is 5.10 Å². The normalized spacial score (nSPS) is 11.3. The topological polar surface area (TPSA) is 116 Å². The van der Waals surface area contributed by atoms with Crippen molar-refractivity contribution in [3.8, 4) is 23.0 Å². The predicted molar refractivity (Wildman–Crippen MR) is 159 cm³/mol. The zero-order valence-electron chi connectivity index (χ0n) is 21.9. The fourth-order valence-corrected chi connectivity index (χ4v) is 5.35. The van der Waals surface area contributed by atoms with Crippen molar-refractivity contribution in [2.75, 3.05) is 38.4 Å². The zero-order valence-corrected chi connectivity index (χ0v) is 25.8. The number of nitrogens with one attached hydrogen (secondary N) is 1. The lowest BCUT2D eigenvalue weighted by Gasteiger charge is -2.22. The molecule has 1 amide bonds. The number of carbonyl (C=O) groups is 1. The lowest BCUT2D eigenvalue weighted by atomic mass is 10.2. The summed E-state index contributed by atoms with van der Waals surface area (Å²) in [6, 6.07) is 13.0. The van der Waals surface area contributed by atoms with Crippen molar-refractivity contribution >= 4 is 67.0 Å². The largest absolute Gasteiger partial charge is 0.493 e. The maximum Gasteiger partial charge on any atom is 0.260 e. The standard InChI is InChI=1S/C26H26BrCl2N3O7S/c1-36-22-8-7-19(12-23(22)37-2)32(40(4,34)35)14-25(33)31-30-13-16-9-20(27)26(24(10-16)38-3)39-15-17-5-6-18(28)11-21(17)29/h5-13H,14-15H2,1-4H3,(H,31,33)/b30-13-. The van der Waals surface area contributed by atoms with Gasteiger partial charge in [0.05, 0.1) is 44.0 Å². The molecule has 40 heavy (non-hydrogen) atoms. The Hall–Kier alpha value is -3.19. The number of rotatable bonds is 12. The van der Waals surface area contributed by atoms with E-state index in [2.05, 4.69) is 26.5 Å². The first-order valence-electron chi connectivity index (χ1n) is 11.4. The number of hydrogen-bond acceptors (Lipinski definition) is 8. The second-order valence-corrected chi connectivity index (χ2v) is 11.8. The van der Waals surface area contributed by atoms with Crippen LogP contribution in [0.15, 0.2) is 58.1 Å². The van der Waals surface area contributed by atoms with Crippen LogP contribution in [-0.2, 0) is 21.4 Å². The quantitative estimate of drug-likeness (QED) is 0.205. The highest BCUT2D eigenvalue weighted by Gasteiger charge is 2.22. The molecule has 0 spiro atoms. The number of amides is 1. The van der Waals surface area contributed by atoms with Crippen LogP contribution in [0, 0.1) is 0 Å². The summed E-state index contributed by atoms with van der Waals surface area (Å²) in [5, 5.41) is 4.95. The minimum atomic E-state index is -3.81. The fraction of sp³-hybridized carbons (Fsp3) is 0.231. The molecule has 0 atom stereocenters. The van der Waals surface area contributed by atoms with Crippen LogP contribution in [-0.4, -0.2) is 54.7 Å². The number of halogens is 3. The number of sulfonamides is 1. The Morgan fingerprint density at radius 1 is 1.00 bits per heavy atom. The van der Waals surface area contributed by atoms with Crippen LogP contribution in [0.25, 0.3) is 0 Å². The molecule has 0 heterocycles. The predicted octanol–water partition coefficient (Wildman–Crippen LogP) is 5.28. The van der Waals surface area contributed by atoms with Gasteiger partial charge in [-0.25, -0.2) is 13.8 Å². The smallest absolute Gasteiger partial charge is 0.260 e. The number of ether oxygens (including phenoxy) is 4. The second kappa shape index (κ2) is 13.9. The third-order valence-corrected chi connectivity index (χ3v) is 7.70. The van der Waals surface area contributed by atoms with E-state index < -0.39 is 22.5 Å². The van der Waals surface area contributed by atoms with E-state index in [1.165, 1.54) is 39.7 Å². The minimum absolute atomic E-state index is 0.172. The molecule has 0 radical (unpaired) electrons.